The van der Waals surface area contributed by atoms with Gasteiger partial charge in [0.1, 0.15) is 0 Å². The van der Waals surface area contributed by atoms with Gasteiger partial charge in [0.2, 0.25) is 0 Å². The number of nitrogens with zero attached hydrogens (tertiary/aromatic N) is 2. The van der Waals surface area contributed by atoms with Crippen LogP contribution in [0.2, 0.25) is 0 Å². The molecule has 0 aliphatic carbocycles. The highest BCUT2D eigenvalue weighted by atomic mass is 16.4. The highest BCUT2D eigenvalue weighted by Gasteiger charge is 2.49. The van der Waals surface area contributed by atoms with Gasteiger partial charge in [-0.25, -0.2) is 0 Å². The van der Waals surface area contributed by atoms with Crippen LogP contribution >= 0.6 is 0 Å². The molecule has 2 unspecified atom stereocenters. The Hall–Kier alpha value is -0.650. The molecule has 0 bridgehead atoms. The first-order valence-corrected chi connectivity index (χ1v) is 7.54. The maximum absolute atomic E-state index is 11.2. The molecule has 19 heavy (non-hydrogen) atoms. The SMILES string of the molecule is CC1CN2CCCCC2CN1C1(CC(=O)O)CNC1. The van der Waals surface area contributed by atoms with Gasteiger partial charge in [0.25, 0.3) is 0 Å². The summed E-state index contributed by atoms with van der Waals surface area (Å²) >= 11 is 0. The molecule has 0 aromatic heterocycles. The molecular formula is C14H25N3O2. The fraction of sp³-hybridized carbons (Fsp3) is 0.929. The van der Waals surface area contributed by atoms with Crippen LogP contribution < -0.4 is 5.32 Å². The summed E-state index contributed by atoms with van der Waals surface area (Å²) in [6, 6.07) is 1.12. The van der Waals surface area contributed by atoms with Gasteiger partial charge in [-0.15, -0.1) is 0 Å². The lowest BCUT2D eigenvalue weighted by molar-refractivity contribution is -0.145. The molecule has 0 radical (unpaired) electrons. The second-order valence-corrected chi connectivity index (χ2v) is 6.54. The Morgan fingerprint density at radius 2 is 2.16 bits per heavy atom. The number of nitrogens with one attached hydrogen (secondary N) is 1. The number of aliphatic carboxylic acids is 1. The van der Waals surface area contributed by atoms with Crippen LogP contribution in [0.25, 0.3) is 0 Å². The summed E-state index contributed by atoms with van der Waals surface area (Å²) in [5.74, 6) is -0.667. The van der Waals surface area contributed by atoms with E-state index in [-0.39, 0.29) is 12.0 Å². The van der Waals surface area contributed by atoms with Gasteiger partial charge in [-0.2, -0.15) is 0 Å². The van der Waals surface area contributed by atoms with Crippen molar-refractivity contribution in [3.63, 3.8) is 0 Å². The van der Waals surface area contributed by atoms with Gasteiger partial charge in [0.05, 0.1) is 12.0 Å². The molecule has 2 atom stereocenters. The quantitative estimate of drug-likeness (QED) is 0.773. The van der Waals surface area contributed by atoms with Crippen molar-refractivity contribution in [3.05, 3.63) is 0 Å². The van der Waals surface area contributed by atoms with Crippen molar-refractivity contribution in [2.24, 2.45) is 0 Å². The van der Waals surface area contributed by atoms with E-state index < -0.39 is 5.97 Å². The maximum atomic E-state index is 11.2. The number of hydrogen-bond donors (Lipinski definition) is 2. The van der Waals surface area contributed by atoms with Gasteiger partial charge in [-0.05, 0) is 26.3 Å². The average Bonchev–Trinajstić information content (AvgIpc) is 2.33. The summed E-state index contributed by atoms with van der Waals surface area (Å²) in [5.41, 5.74) is -0.130. The van der Waals surface area contributed by atoms with Crippen LogP contribution in [0.4, 0.5) is 0 Å². The third kappa shape index (κ3) is 2.39. The van der Waals surface area contributed by atoms with Gasteiger partial charge >= 0.3 is 5.97 Å². The molecule has 3 rings (SSSR count). The predicted molar refractivity (Wildman–Crippen MR) is 73.2 cm³/mol. The Kier molecular flexibility index (Phi) is 3.53. The Bertz CT molecular complexity index is 357. The van der Waals surface area contributed by atoms with Crippen molar-refractivity contribution in [1.82, 2.24) is 15.1 Å². The number of piperazine rings is 1. The van der Waals surface area contributed by atoms with Crippen molar-refractivity contribution >= 4 is 5.97 Å². The first kappa shape index (κ1) is 13.3. The zero-order chi connectivity index (χ0) is 13.5. The molecule has 3 heterocycles. The summed E-state index contributed by atoms with van der Waals surface area (Å²) in [6.07, 6.45) is 4.20. The molecular weight excluding hydrogens is 242 g/mol. The summed E-state index contributed by atoms with van der Waals surface area (Å²) in [7, 11) is 0. The average molecular weight is 267 g/mol. The lowest BCUT2D eigenvalue weighted by Gasteiger charge is -2.58. The molecule has 0 saturated carbocycles. The van der Waals surface area contributed by atoms with Crippen LogP contribution in [0.3, 0.4) is 0 Å². The molecule has 3 fully saturated rings. The number of carbonyl (C=O) groups is 1. The molecule has 5 heteroatoms. The van der Waals surface area contributed by atoms with E-state index in [0.29, 0.717) is 12.1 Å². The van der Waals surface area contributed by atoms with Crippen LogP contribution in [-0.2, 0) is 4.79 Å². The highest BCUT2D eigenvalue weighted by molar-refractivity contribution is 5.69. The van der Waals surface area contributed by atoms with Crippen LogP contribution in [0, 0.1) is 0 Å². The van der Waals surface area contributed by atoms with Crippen molar-refractivity contribution in [2.45, 2.75) is 50.2 Å². The predicted octanol–water partition coefficient (Wildman–Crippen LogP) is 0.362. The summed E-state index contributed by atoms with van der Waals surface area (Å²) in [5, 5.41) is 12.5. The maximum Gasteiger partial charge on any atom is 0.305 e. The molecule has 3 aliphatic rings. The molecule has 2 N–H and O–H groups in total. The van der Waals surface area contributed by atoms with Crippen LogP contribution in [-0.4, -0.2) is 71.2 Å². The molecule has 108 valence electrons. The number of piperidine rings is 1. The second kappa shape index (κ2) is 5.04. The van der Waals surface area contributed by atoms with Gasteiger partial charge in [0.15, 0.2) is 0 Å². The zero-order valence-corrected chi connectivity index (χ0v) is 11.8. The molecule has 0 aromatic rings. The van der Waals surface area contributed by atoms with E-state index in [1.54, 1.807) is 0 Å². The van der Waals surface area contributed by atoms with E-state index >= 15 is 0 Å². The Morgan fingerprint density at radius 1 is 1.37 bits per heavy atom. The van der Waals surface area contributed by atoms with E-state index in [4.69, 9.17) is 0 Å². The van der Waals surface area contributed by atoms with Crippen molar-refractivity contribution in [2.75, 3.05) is 32.7 Å². The van der Waals surface area contributed by atoms with Gasteiger partial charge in [-0.3, -0.25) is 14.6 Å². The van der Waals surface area contributed by atoms with E-state index in [0.717, 1.165) is 26.2 Å². The number of carboxylic acids is 1. The number of hydrogen-bond acceptors (Lipinski definition) is 4. The largest absolute Gasteiger partial charge is 0.481 e. The lowest BCUT2D eigenvalue weighted by Crippen LogP contribution is -2.75. The highest BCUT2D eigenvalue weighted by Crippen LogP contribution is 2.33. The minimum Gasteiger partial charge on any atom is -0.481 e. The normalized spacial score (nSPS) is 35.4. The zero-order valence-electron chi connectivity index (χ0n) is 11.8. The molecule has 3 aliphatic heterocycles. The van der Waals surface area contributed by atoms with E-state index in [1.165, 1.54) is 25.8 Å². The molecule has 0 amide bonds. The van der Waals surface area contributed by atoms with Gasteiger partial charge in [0, 0.05) is 38.3 Å². The second-order valence-electron chi connectivity index (χ2n) is 6.54. The molecule has 3 saturated heterocycles. The summed E-state index contributed by atoms with van der Waals surface area (Å²) < 4.78 is 0. The Labute approximate surface area is 114 Å². The Morgan fingerprint density at radius 3 is 2.79 bits per heavy atom. The van der Waals surface area contributed by atoms with Gasteiger partial charge in [-0.1, -0.05) is 6.42 Å². The fourth-order valence-electron chi connectivity index (χ4n) is 4.14. The third-order valence-electron chi connectivity index (χ3n) is 5.18. The number of carboxylic acid groups (broad SMARTS) is 1. The van der Waals surface area contributed by atoms with Crippen LogP contribution in [0.1, 0.15) is 32.6 Å². The topological polar surface area (TPSA) is 55.8 Å². The Balaban J connectivity index is 1.74. The fourth-order valence-corrected chi connectivity index (χ4v) is 4.14. The summed E-state index contributed by atoms with van der Waals surface area (Å²) in [4.78, 5) is 16.3. The van der Waals surface area contributed by atoms with Crippen molar-refractivity contribution < 1.29 is 9.90 Å². The van der Waals surface area contributed by atoms with E-state index in [9.17, 15) is 9.90 Å². The monoisotopic (exact) mass is 267 g/mol. The molecule has 0 aromatic carbocycles. The van der Waals surface area contributed by atoms with Crippen LogP contribution in [0.5, 0.6) is 0 Å². The van der Waals surface area contributed by atoms with E-state index in [2.05, 4.69) is 22.0 Å². The van der Waals surface area contributed by atoms with E-state index in [1.807, 2.05) is 0 Å². The van der Waals surface area contributed by atoms with Crippen molar-refractivity contribution in [3.8, 4) is 0 Å². The minimum absolute atomic E-state index is 0.130. The number of rotatable bonds is 3. The smallest absolute Gasteiger partial charge is 0.305 e. The first-order chi connectivity index (χ1) is 9.11. The lowest BCUT2D eigenvalue weighted by atomic mass is 9.82. The minimum atomic E-state index is -0.667. The molecule has 5 nitrogen and oxygen atoms in total. The summed E-state index contributed by atoms with van der Waals surface area (Å²) in [6.45, 7) is 7.30. The first-order valence-electron chi connectivity index (χ1n) is 7.54. The van der Waals surface area contributed by atoms with Gasteiger partial charge < -0.3 is 10.4 Å². The third-order valence-corrected chi connectivity index (χ3v) is 5.18. The number of fused-ring (bicyclic) bond motifs is 1. The standard InChI is InChI=1S/C14H25N3O2/c1-11-7-16-5-3-2-4-12(16)8-17(11)14(6-13(18)19)9-15-10-14/h11-12,15H,2-10H2,1H3,(H,18,19). The van der Waals surface area contributed by atoms with Crippen LogP contribution in [0.15, 0.2) is 0 Å². The van der Waals surface area contributed by atoms with Crippen molar-refractivity contribution in [1.29, 1.82) is 0 Å². The molecule has 0 spiro atoms.